The maximum Gasteiger partial charge on any atom is 0.0546 e. The molecular weight excluding hydrogens is 496 g/mol. The Labute approximate surface area is 241 Å². The summed E-state index contributed by atoms with van der Waals surface area (Å²) in [6.07, 6.45) is 4.94. The Morgan fingerprint density at radius 3 is 1.90 bits per heavy atom. The molecule has 2 nitrogen and oxygen atoms in total. The van der Waals surface area contributed by atoms with Crippen LogP contribution in [0.3, 0.4) is 0 Å². The third kappa shape index (κ3) is 4.02. The van der Waals surface area contributed by atoms with Gasteiger partial charge < -0.3 is 10.6 Å². The molecule has 0 amide bonds. The standard InChI is InChI=1S/C39H32N2/c1-3-11-27(12-4-1)28-17-19-31(20-18-28)40-32-21-22-34-35(26-32)39(23-9-10-24-39)36-25-29-13-7-8-16-33(29)38(37(34)36)41-30-14-5-2-6-15-30/h1-8,11-22,25-26,40-41H,9-10,23-24H2. The van der Waals surface area contributed by atoms with Crippen LogP contribution in [0.15, 0.2) is 133 Å². The molecule has 2 aliphatic rings. The highest BCUT2D eigenvalue weighted by Gasteiger charge is 2.46. The van der Waals surface area contributed by atoms with E-state index in [1.165, 1.54) is 75.5 Å². The number of para-hydroxylation sites is 1. The highest BCUT2D eigenvalue weighted by Crippen LogP contribution is 2.60. The van der Waals surface area contributed by atoms with Gasteiger partial charge in [0, 0.05) is 33.4 Å². The molecule has 1 fully saturated rings. The maximum absolute atomic E-state index is 3.85. The van der Waals surface area contributed by atoms with E-state index in [9.17, 15) is 0 Å². The highest BCUT2D eigenvalue weighted by atomic mass is 14.9. The van der Waals surface area contributed by atoms with Gasteiger partial charge in [-0.2, -0.15) is 0 Å². The summed E-state index contributed by atoms with van der Waals surface area (Å²) in [5, 5.41) is 10.2. The fourth-order valence-electron chi connectivity index (χ4n) is 7.24. The zero-order chi connectivity index (χ0) is 27.2. The molecule has 6 aromatic rings. The molecule has 8 rings (SSSR count). The first-order chi connectivity index (χ1) is 20.3. The summed E-state index contributed by atoms with van der Waals surface area (Å²) < 4.78 is 0. The molecule has 0 bridgehead atoms. The van der Waals surface area contributed by atoms with Gasteiger partial charge in [0.25, 0.3) is 0 Å². The quantitative estimate of drug-likeness (QED) is 0.232. The van der Waals surface area contributed by atoms with Gasteiger partial charge in [-0.05, 0) is 88.5 Å². The van der Waals surface area contributed by atoms with Crippen molar-refractivity contribution < 1.29 is 0 Å². The van der Waals surface area contributed by atoms with Crippen LogP contribution < -0.4 is 10.6 Å². The SMILES string of the molecule is c1ccc(Nc2c3c(cc4ccccc24)C2(CCCC2)c2cc(Nc4ccc(-c5ccccc5)cc4)ccc2-3)cc1. The number of fused-ring (bicyclic) bond motifs is 6. The molecule has 0 atom stereocenters. The van der Waals surface area contributed by atoms with Gasteiger partial charge in [0.05, 0.1) is 5.69 Å². The minimum absolute atomic E-state index is 0.0661. The average molecular weight is 529 g/mol. The van der Waals surface area contributed by atoms with Crippen LogP contribution >= 0.6 is 0 Å². The lowest BCUT2D eigenvalue weighted by Gasteiger charge is -2.28. The first-order valence-electron chi connectivity index (χ1n) is 14.7. The minimum atomic E-state index is 0.0661. The van der Waals surface area contributed by atoms with Crippen LogP contribution in [0, 0.1) is 0 Å². The highest BCUT2D eigenvalue weighted by molar-refractivity contribution is 6.07. The lowest BCUT2D eigenvalue weighted by molar-refractivity contribution is 0.551. The molecular formula is C39H32N2. The van der Waals surface area contributed by atoms with Gasteiger partial charge in [-0.25, -0.2) is 0 Å². The Bertz CT molecular complexity index is 1870. The Hall–Kier alpha value is -4.82. The van der Waals surface area contributed by atoms with Crippen LogP contribution in [-0.4, -0.2) is 0 Å². The molecule has 1 spiro atoms. The molecule has 1 saturated carbocycles. The van der Waals surface area contributed by atoms with E-state index in [0.717, 1.165) is 17.1 Å². The van der Waals surface area contributed by atoms with Crippen LogP contribution in [0.4, 0.5) is 22.7 Å². The molecule has 0 aromatic heterocycles. The van der Waals surface area contributed by atoms with E-state index in [2.05, 4.69) is 144 Å². The lowest BCUT2D eigenvalue weighted by atomic mass is 9.76. The van der Waals surface area contributed by atoms with Crippen molar-refractivity contribution in [2.75, 3.05) is 10.6 Å². The van der Waals surface area contributed by atoms with E-state index in [1.807, 2.05) is 0 Å². The van der Waals surface area contributed by atoms with Gasteiger partial charge in [-0.1, -0.05) is 104 Å². The first kappa shape index (κ1) is 24.0. The summed E-state index contributed by atoms with van der Waals surface area (Å²) in [4.78, 5) is 0. The normalized spacial score (nSPS) is 14.6. The van der Waals surface area contributed by atoms with Gasteiger partial charge in [-0.15, -0.1) is 0 Å². The van der Waals surface area contributed by atoms with Gasteiger partial charge in [0.2, 0.25) is 0 Å². The Morgan fingerprint density at radius 1 is 0.488 bits per heavy atom. The first-order valence-corrected chi connectivity index (χ1v) is 14.7. The average Bonchev–Trinajstić information content (AvgIpc) is 3.63. The van der Waals surface area contributed by atoms with Crippen LogP contribution in [0.25, 0.3) is 33.0 Å². The van der Waals surface area contributed by atoms with Gasteiger partial charge in [0.1, 0.15) is 0 Å². The molecule has 2 aliphatic carbocycles. The molecule has 198 valence electrons. The number of anilines is 4. The predicted molar refractivity (Wildman–Crippen MR) is 174 cm³/mol. The van der Waals surface area contributed by atoms with Crippen molar-refractivity contribution in [1.82, 2.24) is 0 Å². The summed E-state index contributed by atoms with van der Waals surface area (Å²) >= 11 is 0. The summed E-state index contributed by atoms with van der Waals surface area (Å²) in [7, 11) is 0. The number of hydrogen-bond donors (Lipinski definition) is 2. The summed E-state index contributed by atoms with van der Waals surface area (Å²) in [6, 6.07) is 48.3. The van der Waals surface area contributed by atoms with Crippen molar-refractivity contribution in [3.8, 4) is 22.3 Å². The van der Waals surface area contributed by atoms with Crippen molar-refractivity contribution in [2.24, 2.45) is 0 Å². The van der Waals surface area contributed by atoms with Gasteiger partial charge in [0.15, 0.2) is 0 Å². The smallest absolute Gasteiger partial charge is 0.0546 e. The Kier molecular flexibility index (Phi) is 5.67. The second-order valence-electron chi connectivity index (χ2n) is 11.5. The third-order valence-corrected chi connectivity index (χ3v) is 9.15. The van der Waals surface area contributed by atoms with Crippen LogP contribution in [0.1, 0.15) is 36.8 Å². The Balaban J connectivity index is 1.23. The second kappa shape index (κ2) is 9.67. The molecule has 6 aromatic carbocycles. The second-order valence-corrected chi connectivity index (χ2v) is 11.5. The molecule has 0 aliphatic heterocycles. The van der Waals surface area contributed by atoms with Crippen molar-refractivity contribution in [3.63, 3.8) is 0 Å². The number of nitrogens with one attached hydrogen (secondary N) is 2. The molecule has 0 heterocycles. The fourth-order valence-corrected chi connectivity index (χ4v) is 7.24. The summed E-state index contributed by atoms with van der Waals surface area (Å²) in [5.74, 6) is 0. The van der Waals surface area contributed by atoms with E-state index in [4.69, 9.17) is 0 Å². The van der Waals surface area contributed by atoms with Crippen LogP contribution in [-0.2, 0) is 5.41 Å². The molecule has 41 heavy (non-hydrogen) atoms. The lowest BCUT2D eigenvalue weighted by Crippen LogP contribution is -2.20. The zero-order valence-corrected chi connectivity index (χ0v) is 23.0. The molecule has 0 saturated heterocycles. The van der Waals surface area contributed by atoms with Gasteiger partial charge in [-0.3, -0.25) is 0 Å². The van der Waals surface area contributed by atoms with Crippen LogP contribution in [0.2, 0.25) is 0 Å². The van der Waals surface area contributed by atoms with Crippen molar-refractivity contribution in [2.45, 2.75) is 31.1 Å². The van der Waals surface area contributed by atoms with E-state index in [1.54, 1.807) is 0 Å². The minimum Gasteiger partial charge on any atom is -0.356 e. The van der Waals surface area contributed by atoms with Crippen molar-refractivity contribution in [3.05, 3.63) is 145 Å². The molecule has 0 unspecified atom stereocenters. The largest absolute Gasteiger partial charge is 0.356 e. The van der Waals surface area contributed by atoms with Crippen molar-refractivity contribution in [1.29, 1.82) is 0 Å². The van der Waals surface area contributed by atoms with Crippen molar-refractivity contribution >= 4 is 33.5 Å². The molecule has 2 heteroatoms. The topological polar surface area (TPSA) is 24.1 Å². The Morgan fingerprint density at radius 2 is 1.12 bits per heavy atom. The van der Waals surface area contributed by atoms with E-state index in [-0.39, 0.29) is 5.41 Å². The van der Waals surface area contributed by atoms with E-state index >= 15 is 0 Å². The zero-order valence-electron chi connectivity index (χ0n) is 23.0. The monoisotopic (exact) mass is 528 g/mol. The van der Waals surface area contributed by atoms with Crippen LogP contribution in [0.5, 0.6) is 0 Å². The van der Waals surface area contributed by atoms with Gasteiger partial charge >= 0.3 is 0 Å². The number of rotatable bonds is 5. The number of benzene rings is 6. The number of hydrogen-bond acceptors (Lipinski definition) is 2. The molecule has 2 N–H and O–H groups in total. The maximum atomic E-state index is 3.85. The fraction of sp³-hybridized carbons (Fsp3) is 0.128. The summed E-state index contributed by atoms with van der Waals surface area (Å²) in [6.45, 7) is 0. The predicted octanol–water partition coefficient (Wildman–Crippen LogP) is 10.8. The summed E-state index contributed by atoms with van der Waals surface area (Å²) in [5.41, 5.74) is 12.9. The van der Waals surface area contributed by atoms with E-state index < -0.39 is 0 Å². The molecule has 0 radical (unpaired) electrons. The van der Waals surface area contributed by atoms with E-state index in [0.29, 0.717) is 0 Å². The third-order valence-electron chi connectivity index (χ3n) is 9.15.